The van der Waals surface area contributed by atoms with Gasteiger partial charge in [-0.3, -0.25) is 4.79 Å². The number of aromatic amines is 1. The molecule has 0 aliphatic heterocycles. The average Bonchev–Trinajstić information content (AvgIpc) is 3.39. The minimum Gasteiger partial charge on any atom is -0.382 e. The number of amides is 1. The molecule has 0 unspecified atom stereocenters. The van der Waals surface area contributed by atoms with E-state index in [1.54, 1.807) is 19.6 Å². The van der Waals surface area contributed by atoms with E-state index in [2.05, 4.69) is 43.9 Å². The molecule has 1 fully saturated rings. The van der Waals surface area contributed by atoms with E-state index in [1.807, 2.05) is 23.0 Å². The standard InChI is InChI=1S/C21H25IN4O3/c1-28-8-9-29-16-4-2-14(3-5-16)25-21(27)18-11-15(26-7-6-23-13-26)10-17-19(22)12-24-20(17)18/h6-7,10-14,16,24H,2-5,8-9H2,1H3,(H,25,27)/t14-,16-. The van der Waals surface area contributed by atoms with Gasteiger partial charge in [-0.15, -0.1) is 0 Å². The van der Waals surface area contributed by atoms with E-state index >= 15 is 0 Å². The summed E-state index contributed by atoms with van der Waals surface area (Å²) in [6, 6.07) is 4.17. The maximum Gasteiger partial charge on any atom is 0.253 e. The monoisotopic (exact) mass is 508 g/mol. The highest BCUT2D eigenvalue weighted by atomic mass is 127. The van der Waals surface area contributed by atoms with Crippen LogP contribution in [0.3, 0.4) is 0 Å². The Hall–Kier alpha value is -1.91. The highest BCUT2D eigenvalue weighted by Gasteiger charge is 2.24. The van der Waals surface area contributed by atoms with Crippen LogP contribution in [0.1, 0.15) is 36.0 Å². The summed E-state index contributed by atoms with van der Waals surface area (Å²) in [5.74, 6) is -0.0426. The quantitative estimate of drug-likeness (QED) is 0.377. The fraction of sp³-hybridized carbons (Fsp3) is 0.429. The van der Waals surface area contributed by atoms with Crippen molar-refractivity contribution < 1.29 is 14.3 Å². The number of ether oxygens (including phenoxy) is 2. The number of benzene rings is 1. The van der Waals surface area contributed by atoms with Crippen molar-refractivity contribution in [2.24, 2.45) is 0 Å². The normalized spacial score (nSPS) is 19.5. The fourth-order valence-corrected chi connectivity index (χ4v) is 4.44. The number of nitrogens with one attached hydrogen (secondary N) is 2. The van der Waals surface area contributed by atoms with Crippen molar-refractivity contribution in [2.45, 2.75) is 37.8 Å². The van der Waals surface area contributed by atoms with E-state index in [4.69, 9.17) is 9.47 Å². The molecule has 0 bridgehead atoms. The van der Waals surface area contributed by atoms with Crippen molar-refractivity contribution >= 4 is 39.4 Å². The topological polar surface area (TPSA) is 81.2 Å². The summed E-state index contributed by atoms with van der Waals surface area (Å²) in [5, 5.41) is 4.27. The number of imidazole rings is 1. The van der Waals surface area contributed by atoms with Crippen LogP contribution in [-0.2, 0) is 9.47 Å². The molecular weight excluding hydrogens is 483 g/mol. The minimum atomic E-state index is -0.0426. The van der Waals surface area contributed by atoms with Crippen molar-refractivity contribution in [3.05, 3.63) is 46.2 Å². The van der Waals surface area contributed by atoms with Crippen LogP contribution in [0.25, 0.3) is 16.6 Å². The molecule has 2 aromatic heterocycles. The molecule has 0 atom stereocenters. The third kappa shape index (κ3) is 4.65. The molecule has 0 spiro atoms. The zero-order valence-electron chi connectivity index (χ0n) is 16.4. The lowest BCUT2D eigenvalue weighted by molar-refractivity contribution is -0.00408. The van der Waals surface area contributed by atoms with Crippen LogP contribution in [0, 0.1) is 3.57 Å². The number of rotatable bonds is 7. The molecule has 3 aromatic rings. The molecule has 7 nitrogen and oxygen atoms in total. The highest BCUT2D eigenvalue weighted by Crippen LogP contribution is 2.28. The van der Waals surface area contributed by atoms with Crippen molar-refractivity contribution in [1.29, 1.82) is 0 Å². The third-order valence-electron chi connectivity index (χ3n) is 5.42. The number of aromatic nitrogens is 3. The first-order chi connectivity index (χ1) is 14.2. The van der Waals surface area contributed by atoms with Crippen molar-refractivity contribution in [2.75, 3.05) is 20.3 Å². The molecule has 8 heteroatoms. The third-order valence-corrected chi connectivity index (χ3v) is 6.31. The number of hydrogen-bond acceptors (Lipinski definition) is 4. The van der Waals surface area contributed by atoms with Gasteiger partial charge < -0.3 is 24.3 Å². The van der Waals surface area contributed by atoms with Gasteiger partial charge in [-0.05, 0) is 60.4 Å². The molecule has 1 aliphatic carbocycles. The van der Waals surface area contributed by atoms with Crippen LogP contribution in [0.5, 0.6) is 0 Å². The molecule has 154 valence electrons. The molecule has 1 saturated carbocycles. The Kier molecular flexibility index (Phi) is 6.51. The van der Waals surface area contributed by atoms with E-state index in [-0.39, 0.29) is 18.1 Å². The van der Waals surface area contributed by atoms with Gasteiger partial charge in [0, 0.05) is 46.4 Å². The van der Waals surface area contributed by atoms with Gasteiger partial charge in [0.25, 0.3) is 5.91 Å². The first-order valence-electron chi connectivity index (χ1n) is 9.86. The smallest absolute Gasteiger partial charge is 0.253 e. The van der Waals surface area contributed by atoms with Crippen LogP contribution in [0.4, 0.5) is 0 Å². The molecule has 29 heavy (non-hydrogen) atoms. The molecule has 4 rings (SSSR count). The van der Waals surface area contributed by atoms with E-state index in [1.165, 1.54) is 0 Å². The summed E-state index contributed by atoms with van der Waals surface area (Å²) in [5.41, 5.74) is 2.45. The lowest BCUT2D eigenvalue weighted by atomic mass is 9.92. The Labute approximate surface area is 183 Å². The van der Waals surface area contributed by atoms with Crippen LogP contribution in [0.15, 0.2) is 37.1 Å². The zero-order chi connectivity index (χ0) is 20.2. The van der Waals surface area contributed by atoms with Gasteiger partial charge in [-0.1, -0.05) is 0 Å². The summed E-state index contributed by atoms with van der Waals surface area (Å²) in [7, 11) is 1.68. The summed E-state index contributed by atoms with van der Waals surface area (Å²) < 4.78 is 13.9. The molecule has 1 amide bonds. The largest absolute Gasteiger partial charge is 0.382 e. The van der Waals surface area contributed by atoms with E-state index in [0.29, 0.717) is 18.8 Å². The number of nitrogens with zero attached hydrogens (tertiary/aromatic N) is 2. The van der Waals surface area contributed by atoms with Crippen LogP contribution >= 0.6 is 22.6 Å². The Balaban J connectivity index is 1.48. The number of H-pyrrole nitrogens is 1. The Bertz CT molecular complexity index is 962. The number of fused-ring (bicyclic) bond motifs is 1. The average molecular weight is 508 g/mol. The molecule has 1 aliphatic rings. The van der Waals surface area contributed by atoms with Gasteiger partial charge in [0.1, 0.15) is 0 Å². The van der Waals surface area contributed by atoms with E-state index in [0.717, 1.165) is 45.8 Å². The van der Waals surface area contributed by atoms with Gasteiger partial charge in [0.2, 0.25) is 0 Å². The zero-order valence-corrected chi connectivity index (χ0v) is 18.5. The van der Waals surface area contributed by atoms with Crippen LogP contribution in [0.2, 0.25) is 0 Å². The molecule has 0 saturated heterocycles. The fourth-order valence-electron chi connectivity index (χ4n) is 3.86. The maximum absolute atomic E-state index is 13.1. The van der Waals surface area contributed by atoms with Crippen molar-refractivity contribution in [3.8, 4) is 5.69 Å². The van der Waals surface area contributed by atoms with E-state index < -0.39 is 0 Å². The second kappa shape index (κ2) is 9.27. The molecule has 1 aromatic carbocycles. The summed E-state index contributed by atoms with van der Waals surface area (Å²) >= 11 is 2.29. The van der Waals surface area contributed by atoms with Gasteiger partial charge in [-0.25, -0.2) is 4.98 Å². The molecular formula is C21H25IN4O3. The predicted molar refractivity (Wildman–Crippen MR) is 119 cm³/mol. The lowest BCUT2D eigenvalue weighted by Gasteiger charge is -2.29. The van der Waals surface area contributed by atoms with Crippen LogP contribution in [-0.4, -0.2) is 52.9 Å². The second-order valence-electron chi connectivity index (χ2n) is 7.33. The number of halogens is 1. The Morgan fingerprint density at radius 2 is 2.14 bits per heavy atom. The summed E-state index contributed by atoms with van der Waals surface area (Å²) in [6.07, 6.45) is 11.3. The summed E-state index contributed by atoms with van der Waals surface area (Å²) in [6.45, 7) is 1.25. The van der Waals surface area contributed by atoms with Crippen LogP contribution < -0.4 is 5.32 Å². The predicted octanol–water partition coefficient (Wildman–Crippen LogP) is 3.66. The second-order valence-corrected chi connectivity index (χ2v) is 8.50. The first kappa shape index (κ1) is 20.4. The van der Waals surface area contributed by atoms with Gasteiger partial charge in [-0.2, -0.15) is 0 Å². The van der Waals surface area contributed by atoms with Crippen molar-refractivity contribution in [1.82, 2.24) is 19.9 Å². The maximum atomic E-state index is 13.1. The van der Waals surface area contributed by atoms with E-state index in [9.17, 15) is 4.79 Å². The van der Waals surface area contributed by atoms with Crippen molar-refractivity contribution in [3.63, 3.8) is 0 Å². The molecule has 2 N–H and O–H groups in total. The highest BCUT2D eigenvalue weighted by molar-refractivity contribution is 14.1. The number of carbonyl (C=O) groups excluding carboxylic acids is 1. The Morgan fingerprint density at radius 1 is 1.31 bits per heavy atom. The first-order valence-corrected chi connectivity index (χ1v) is 10.9. The SMILES string of the molecule is COCCO[C@H]1CC[C@H](NC(=O)c2cc(-n3ccnc3)cc3c(I)c[nH]c23)CC1. The number of methoxy groups -OCH3 is 1. The Morgan fingerprint density at radius 3 is 2.86 bits per heavy atom. The van der Waals surface area contributed by atoms with Gasteiger partial charge in [0.05, 0.1) is 36.7 Å². The minimum absolute atomic E-state index is 0.0426. The number of carbonyl (C=O) groups is 1. The number of hydrogen-bond donors (Lipinski definition) is 2. The van der Waals surface area contributed by atoms with Gasteiger partial charge in [0.15, 0.2) is 0 Å². The summed E-state index contributed by atoms with van der Waals surface area (Å²) in [4.78, 5) is 20.5. The molecule has 2 heterocycles. The molecule has 0 radical (unpaired) electrons. The lowest BCUT2D eigenvalue weighted by Crippen LogP contribution is -2.39. The van der Waals surface area contributed by atoms with Gasteiger partial charge >= 0.3 is 0 Å².